The zero-order valence-electron chi connectivity index (χ0n) is 2.22. The third kappa shape index (κ3) is 3.21. The van der Waals surface area contributed by atoms with Gasteiger partial charge >= 0.3 is 27.0 Å². The Morgan fingerprint density at radius 2 is 2.60 bits per heavy atom. The maximum absolute atomic E-state index is 8.80. The third-order valence-corrected chi connectivity index (χ3v) is 0.0833. The molecule has 0 bridgehead atoms. The van der Waals surface area contributed by atoms with Crippen molar-refractivity contribution in [3.63, 3.8) is 0 Å². The quantitative estimate of drug-likeness (QED) is 0.307. The van der Waals surface area contributed by atoms with Crippen molar-refractivity contribution in [3.8, 4) is 6.33 Å². The van der Waals surface area contributed by atoms with Gasteiger partial charge in [0.25, 0.3) is 0 Å². The van der Waals surface area contributed by atoms with Gasteiger partial charge in [-0.3, -0.25) is 0 Å². The zero-order valence-corrected chi connectivity index (χ0v) is 2.22. The summed E-state index contributed by atoms with van der Waals surface area (Å²) < 4.78 is 12.0. The average molecular weight is 72.0 g/mol. The first-order valence-electron chi connectivity index (χ1n) is 0.816. The molecule has 0 radical (unpaired) electrons. The predicted molar refractivity (Wildman–Crippen MR) is 11.4 cm³/mol. The monoisotopic (exact) mass is 72.0 g/mol. The van der Waals surface area contributed by atoms with Gasteiger partial charge in [0.2, 0.25) is 0 Å². The van der Waals surface area contributed by atoms with E-state index >= 15 is 0 Å². The molecule has 0 amide bonds. The minimum atomic E-state index is 0.844. The van der Waals surface area contributed by atoms with Crippen LogP contribution in [-0.4, -0.2) is 6.47 Å². The van der Waals surface area contributed by atoms with Crippen molar-refractivity contribution < 1.29 is 14.2 Å². The molecule has 0 N–H and O–H groups in total. The second-order valence-electron chi connectivity index (χ2n) is 0.269. The van der Waals surface area contributed by atoms with Crippen LogP contribution in [0.5, 0.6) is 0 Å². The molecule has 0 saturated carbocycles. The fourth-order valence-corrected chi connectivity index (χ4v) is 0.0170. The van der Waals surface area contributed by atoms with Gasteiger partial charge in [-0.05, 0) is 0 Å². The number of hydrogen-bond acceptors (Lipinski definition) is 2. The molecule has 0 spiro atoms. The molecule has 0 aliphatic heterocycles. The van der Waals surface area contributed by atoms with E-state index in [1.807, 2.05) is 0 Å². The first kappa shape index (κ1) is 4.21. The SMILES string of the molecule is O=[C-]OC#[O+]. The standard InChI is InChI=1S/C2O3/c3-1-5-2-4. The van der Waals surface area contributed by atoms with Crippen LogP contribution < -0.4 is 0 Å². The van der Waals surface area contributed by atoms with Crippen LogP contribution in [0.1, 0.15) is 0 Å². The van der Waals surface area contributed by atoms with E-state index in [1.54, 1.807) is 0 Å². The van der Waals surface area contributed by atoms with Gasteiger partial charge in [0.15, 0.2) is 0 Å². The molecular formula is C2O3. The van der Waals surface area contributed by atoms with Gasteiger partial charge in [-0.25, -0.2) is 0 Å². The van der Waals surface area contributed by atoms with Crippen molar-refractivity contribution in [3.05, 3.63) is 0 Å². The van der Waals surface area contributed by atoms with Crippen LogP contribution in [0.3, 0.4) is 0 Å². The van der Waals surface area contributed by atoms with Crippen LogP contribution in [0.4, 0.5) is 0 Å². The molecule has 0 aromatic heterocycles. The molecule has 0 rings (SSSR count). The fraction of sp³-hybridized carbons (Fsp3) is 0. The molecule has 0 fully saturated rings. The van der Waals surface area contributed by atoms with Gasteiger partial charge < -0.3 is 0 Å². The van der Waals surface area contributed by atoms with E-state index < -0.39 is 0 Å². The van der Waals surface area contributed by atoms with E-state index in [0.29, 0.717) is 0 Å². The van der Waals surface area contributed by atoms with Gasteiger partial charge in [0.1, 0.15) is 0 Å². The fourth-order valence-electron chi connectivity index (χ4n) is 0.0170. The first-order valence-corrected chi connectivity index (χ1v) is 0.816. The summed E-state index contributed by atoms with van der Waals surface area (Å²) in [6.07, 6.45) is 0.844. The van der Waals surface area contributed by atoms with Gasteiger partial charge in [-0.15, -0.1) is 0 Å². The van der Waals surface area contributed by atoms with Crippen molar-refractivity contribution in [1.82, 2.24) is 0 Å². The molecule has 0 saturated heterocycles. The first-order chi connectivity index (χ1) is 2.41. The van der Waals surface area contributed by atoms with Crippen LogP contribution in [0.25, 0.3) is 0 Å². The molecule has 0 atom stereocenters. The van der Waals surface area contributed by atoms with Crippen molar-refractivity contribution in [2.24, 2.45) is 0 Å². The van der Waals surface area contributed by atoms with Crippen LogP contribution in [0, 0.1) is 6.33 Å². The summed E-state index contributed by atoms with van der Waals surface area (Å²) >= 11 is 0. The van der Waals surface area contributed by atoms with Gasteiger partial charge in [0, 0.05) is 0 Å². The maximum atomic E-state index is 8.80. The van der Waals surface area contributed by atoms with E-state index in [4.69, 9.17) is 9.45 Å². The molecule has 3 heteroatoms. The molecule has 3 nitrogen and oxygen atoms in total. The summed E-state index contributed by atoms with van der Waals surface area (Å²) in [5.74, 6) is 0. The summed E-state index contributed by atoms with van der Waals surface area (Å²) in [6.45, 7) is 0.844. The van der Waals surface area contributed by atoms with Gasteiger partial charge in [-0.2, -0.15) is 0 Å². The summed E-state index contributed by atoms with van der Waals surface area (Å²) in [5.41, 5.74) is 0. The number of ether oxygens (including phenoxy) is 1. The van der Waals surface area contributed by atoms with Crippen molar-refractivity contribution in [2.45, 2.75) is 0 Å². The summed E-state index contributed by atoms with van der Waals surface area (Å²) in [7, 11) is 0. The van der Waals surface area contributed by atoms with Gasteiger partial charge in [-0.1, -0.05) is 0 Å². The summed E-state index contributed by atoms with van der Waals surface area (Å²) in [5, 5.41) is 0. The number of rotatable bonds is 1. The number of hydrogen-bond donors (Lipinski definition) is 0. The Morgan fingerprint density at radius 1 is 2.00 bits per heavy atom. The molecule has 0 unspecified atom stereocenters. The zero-order chi connectivity index (χ0) is 4.12. The van der Waals surface area contributed by atoms with E-state index in [2.05, 4.69) is 4.74 Å². The summed E-state index contributed by atoms with van der Waals surface area (Å²) in [6, 6.07) is 0. The Balaban J connectivity index is 2.75. The van der Waals surface area contributed by atoms with Crippen molar-refractivity contribution in [1.29, 1.82) is 0 Å². The van der Waals surface area contributed by atoms with E-state index in [9.17, 15) is 0 Å². The van der Waals surface area contributed by atoms with E-state index in [1.165, 1.54) is 0 Å². The molecule has 0 aromatic carbocycles. The predicted octanol–water partition coefficient (Wildman–Crippen LogP) is -0.583. The normalized spacial score (nSPS) is 4.60. The molecule has 0 aromatic rings. The third-order valence-electron chi connectivity index (χ3n) is 0.0833. The van der Waals surface area contributed by atoms with Gasteiger partial charge in [0.05, 0.1) is 0 Å². The Hall–Kier alpha value is -0.790. The molecule has 0 aliphatic rings. The molecule has 0 heterocycles. The topological polar surface area (TPSA) is 46.2 Å². The van der Waals surface area contributed by atoms with Crippen LogP contribution in [0.15, 0.2) is 0 Å². The van der Waals surface area contributed by atoms with Crippen LogP contribution >= 0.6 is 0 Å². The van der Waals surface area contributed by atoms with Crippen molar-refractivity contribution >= 4 is 6.47 Å². The second-order valence-corrected chi connectivity index (χ2v) is 0.269. The molecule has 0 aliphatic carbocycles. The molecule has 5 heavy (non-hydrogen) atoms. The summed E-state index contributed by atoms with van der Waals surface area (Å²) in [4.78, 5) is 8.80. The van der Waals surface area contributed by atoms with Crippen molar-refractivity contribution in [2.75, 3.05) is 0 Å². The Bertz CT molecular complexity index is 59.8. The Labute approximate surface area is 28.3 Å². The average Bonchev–Trinajstić information content (AvgIpc) is 1.41. The van der Waals surface area contributed by atoms with E-state index in [0.717, 1.165) is 12.8 Å². The molecule has 26 valence electrons. The molecular weight excluding hydrogens is 72.0 g/mol. The minimum absolute atomic E-state index is 0.844. The van der Waals surface area contributed by atoms with Crippen LogP contribution in [-0.2, 0) is 14.2 Å². The number of carbonyl (C=O) groups excluding carboxylic acids is 1. The van der Waals surface area contributed by atoms with Crippen LogP contribution in [0.2, 0.25) is 0 Å². The Kier molecular flexibility index (Phi) is 2.70. The second kappa shape index (κ2) is 3.21. The Morgan fingerprint density at radius 3 is 2.60 bits per heavy atom. The van der Waals surface area contributed by atoms with E-state index in [-0.39, 0.29) is 0 Å².